The van der Waals surface area contributed by atoms with Crippen molar-refractivity contribution >= 4 is 23.6 Å². The summed E-state index contributed by atoms with van der Waals surface area (Å²) in [6.07, 6.45) is 4.02. The van der Waals surface area contributed by atoms with Crippen molar-refractivity contribution in [2.24, 2.45) is 0 Å². The van der Waals surface area contributed by atoms with E-state index in [9.17, 15) is 9.90 Å². The number of nitrogens with zero attached hydrogens (tertiary/aromatic N) is 1. The van der Waals surface area contributed by atoms with E-state index in [2.05, 4.69) is 4.90 Å². The highest BCUT2D eigenvalue weighted by Gasteiger charge is 2.23. The van der Waals surface area contributed by atoms with E-state index in [1.54, 1.807) is 12.1 Å². The van der Waals surface area contributed by atoms with E-state index in [0.717, 1.165) is 37.8 Å². The quantitative estimate of drug-likeness (QED) is 0.842. The monoisotopic (exact) mass is 253 g/mol. The summed E-state index contributed by atoms with van der Waals surface area (Å²) in [5.74, 6) is 0. The summed E-state index contributed by atoms with van der Waals surface area (Å²) < 4.78 is 0. The minimum Gasteiger partial charge on any atom is -0.394 e. The molecular formula is C13H16ClNO2. The number of anilines is 1. The van der Waals surface area contributed by atoms with Crippen molar-refractivity contribution in [3.8, 4) is 0 Å². The standard InChI is InChI=1S/C13H16ClNO2/c14-11-4-5-13(10(7-11)8-16)15-6-2-1-3-12(15)9-17/h4-5,7-8,12,17H,1-3,6,9H2. The molecule has 3 nitrogen and oxygen atoms in total. The zero-order valence-corrected chi connectivity index (χ0v) is 10.4. The van der Waals surface area contributed by atoms with Crippen LogP contribution in [-0.4, -0.2) is 30.6 Å². The van der Waals surface area contributed by atoms with Crippen LogP contribution in [0.2, 0.25) is 5.02 Å². The van der Waals surface area contributed by atoms with Gasteiger partial charge in [0.1, 0.15) is 0 Å². The molecule has 0 spiro atoms. The number of aliphatic hydroxyl groups is 1. The van der Waals surface area contributed by atoms with Crippen molar-refractivity contribution in [3.05, 3.63) is 28.8 Å². The van der Waals surface area contributed by atoms with Crippen LogP contribution in [0.5, 0.6) is 0 Å². The SMILES string of the molecule is O=Cc1cc(Cl)ccc1N1CCCCC1CO. The Morgan fingerprint density at radius 2 is 2.29 bits per heavy atom. The Balaban J connectivity index is 2.34. The lowest BCUT2D eigenvalue weighted by Gasteiger charge is -2.37. The highest BCUT2D eigenvalue weighted by molar-refractivity contribution is 6.31. The normalized spacial score (nSPS) is 20.4. The molecule has 92 valence electrons. The van der Waals surface area contributed by atoms with Crippen LogP contribution in [0.15, 0.2) is 18.2 Å². The zero-order valence-electron chi connectivity index (χ0n) is 9.60. The Hall–Kier alpha value is -1.06. The van der Waals surface area contributed by atoms with E-state index in [-0.39, 0.29) is 12.6 Å². The predicted molar refractivity (Wildman–Crippen MR) is 68.9 cm³/mol. The third-order valence-electron chi connectivity index (χ3n) is 3.26. The molecule has 1 N–H and O–H groups in total. The number of hydrogen-bond acceptors (Lipinski definition) is 3. The second-order valence-electron chi connectivity index (χ2n) is 4.35. The fourth-order valence-electron chi connectivity index (χ4n) is 2.39. The average molecular weight is 254 g/mol. The summed E-state index contributed by atoms with van der Waals surface area (Å²) in [6.45, 7) is 1.01. The maximum absolute atomic E-state index is 11.1. The van der Waals surface area contributed by atoms with Gasteiger partial charge >= 0.3 is 0 Å². The molecule has 1 aromatic carbocycles. The zero-order chi connectivity index (χ0) is 12.3. The van der Waals surface area contributed by atoms with E-state index in [1.165, 1.54) is 0 Å². The number of aliphatic hydroxyl groups excluding tert-OH is 1. The number of aldehydes is 1. The summed E-state index contributed by atoms with van der Waals surface area (Å²) in [7, 11) is 0. The number of rotatable bonds is 3. The molecule has 1 unspecified atom stereocenters. The van der Waals surface area contributed by atoms with Crippen LogP contribution in [0, 0.1) is 0 Å². The maximum atomic E-state index is 11.1. The molecule has 0 aliphatic carbocycles. The molecule has 0 saturated carbocycles. The number of carbonyl (C=O) groups excluding carboxylic acids is 1. The third-order valence-corrected chi connectivity index (χ3v) is 3.50. The minimum atomic E-state index is 0.114. The topological polar surface area (TPSA) is 40.5 Å². The maximum Gasteiger partial charge on any atom is 0.152 e. The van der Waals surface area contributed by atoms with Gasteiger partial charge in [-0.2, -0.15) is 0 Å². The molecule has 1 atom stereocenters. The summed E-state index contributed by atoms with van der Waals surface area (Å²) in [4.78, 5) is 13.2. The first kappa shape index (κ1) is 12.4. The van der Waals surface area contributed by atoms with Crippen molar-refractivity contribution in [2.75, 3.05) is 18.1 Å². The molecule has 0 bridgehead atoms. The minimum absolute atomic E-state index is 0.114. The van der Waals surface area contributed by atoms with E-state index >= 15 is 0 Å². The van der Waals surface area contributed by atoms with Gasteiger partial charge in [-0.25, -0.2) is 0 Å². The molecule has 1 aliphatic heterocycles. The van der Waals surface area contributed by atoms with Crippen molar-refractivity contribution in [1.29, 1.82) is 0 Å². The van der Waals surface area contributed by atoms with Crippen LogP contribution in [-0.2, 0) is 0 Å². The molecule has 0 aromatic heterocycles. The Bertz CT molecular complexity index is 408. The second-order valence-corrected chi connectivity index (χ2v) is 4.78. The van der Waals surface area contributed by atoms with Gasteiger partial charge in [0.2, 0.25) is 0 Å². The fourth-order valence-corrected chi connectivity index (χ4v) is 2.57. The van der Waals surface area contributed by atoms with Crippen LogP contribution in [0.4, 0.5) is 5.69 Å². The molecule has 1 aromatic rings. The first-order chi connectivity index (χ1) is 8.26. The molecule has 2 rings (SSSR count). The van der Waals surface area contributed by atoms with Crippen LogP contribution in [0.1, 0.15) is 29.6 Å². The third kappa shape index (κ3) is 2.61. The first-order valence-electron chi connectivity index (χ1n) is 5.88. The van der Waals surface area contributed by atoms with E-state index < -0.39 is 0 Å². The Kier molecular flexibility index (Phi) is 4.02. The largest absolute Gasteiger partial charge is 0.394 e. The molecular weight excluding hydrogens is 238 g/mol. The molecule has 4 heteroatoms. The van der Waals surface area contributed by atoms with Crippen LogP contribution in [0.25, 0.3) is 0 Å². The molecule has 1 aliphatic rings. The lowest BCUT2D eigenvalue weighted by Crippen LogP contribution is -2.42. The Labute approximate surface area is 106 Å². The van der Waals surface area contributed by atoms with Crippen LogP contribution in [0.3, 0.4) is 0 Å². The first-order valence-corrected chi connectivity index (χ1v) is 6.26. The Morgan fingerprint density at radius 3 is 3.00 bits per heavy atom. The highest BCUT2D eigenvalue weighted by atomic mass is 35.5. The average Bonchev–Trinajstić information content (AvgIpc) is 2.38. The highest BCUT2D eigenvalue weighted by Crippen LogP contribution is 2.28. The summed E-state index contributed by atoms with van der Waals surface area (Å²) in [6, 6.07) is 5.43. The predicted octanol–water partition coefficient (Wildman–Crippen LogP) is 2.50. The molecule has 0 radical (unpaired) electrons. The van der Waals surface area contributed by atoms with Crippen LogP contribution >= 0.6 is 11.6 Å². The lowest BCUT2D eigenvalue weighted by molar-refractivity contribution is 0.112. The van der Waals surface area contributed by atoms with Gasteiger partial charge in [0.15, 0.2) is 6.29 Å². The molecule has 1 fully saturated rings. The fraction of sp³-hybridized carbons (Fsp3) is 0.462. The van der Waals surface area contributed by atoms with Crippen molar-refractivity contribution in [2.45, 2.75) is 25.3 Å². The van der Waals surface area contributed by atoms with Crippen molar-refractivity contribution in [1.82, 2.24) is 0 Å². The number of benzene rings is 1. The van der Waals surface area contributed by atoms with Crippen molar-refractivity contribution < 1.29 is 9.90 Å². The van der Waals surface area contributed by atoms with Crippen molar-refractivity contribution in [3.63, 3.8) is 0 Å². The van der Waals surface area contributed by atoms with E-state index in [1.807, 2.05) is 6.07 Å². The summed E-state index contributed by atoms with van der Waals surface area (Å²) in [5, 5.41) is 9.95. The summed E-state index contributed by atoms with van der Waals surface area (Å²) in [5.41, 5.74) is 1.47. The van der Waals surface area contributed by atoms with Gasteiger partial charge in [0, 0.05) is 22.8 Å². The van der Waals surface area contributed by atoms with Gasteiger partial charge in [-0.05, 0) is 37.5 Å². The number of carbonyl (C=O) groups is 1. The molecule has 17 heavy (non-hydrogen) atoms. The molecule has 0 amide bonds. The van der Waals surface area contributed by atoms with Gasteiger partial charge in [-0.1, -0.05) is 11.6 Å². The van der Waals surface area contributed by atoms with Crippen LogP contribution < -0.4 is 4.90 Å². The van der Waals surface area contributed by atoms with Gasteiger partial charge in [0.05, 0.1) is 12.6 Å². The van der Waals surface area contributed by atoms with Gasteiger partial charge in [-0.15, -0.1) is 0 Å². The Morgan fingerprint density at radius 1 is 1.47 bits per heavy atom. The lowest BCUT2D eigenvalue weighted by atomic mass is 10.0. The molecule has 1 heterocycles. The van der Waals surface area contributed by atoms with Gasteiger partial charge in [0.25, 0.3) is 0 Å². The van der Waals surface area contributed by atoms with E-state index in [0.29, 0.717) is 10.6 Å². The number of halogens is 1. The van der Waals surface area contributed by atoms with Gasteiger partial charge < -0.3 is 10.0 Å². The number of hydrogen-bond donors (Lipinski definition) is 1. The van der Waals surface area contributed by atoms with E-state index in [4.69, 9.17) is 11.6 Å². The second kappa shape index (κ2) is 5.52. The smallest absolute Gasteiger partial charge is 0.152 e. The van der Waals surface area contributed by atoms with Gasteiger partial charge in [-0.3, -0.25) is 4.79 Å². The summed E-state index contributed by atoms with van der Waals surface area (Å²) >= 11 is 5.88. The molecule has 1 saturated heterocycles. The number of piperidine rings is 1.